The first kappa shape index (κ1) is 15.5. The fourth-order valence-electron chi connectivity index (χ4n) is 1.97. The van der Waals surface area contributed by atoms with Gasteiger partial charge in [0.2, 0.25) is 6.79 Å². The van der Waals surface area contributed by atoms with Crippen molar-refractivity contribution >= 4 is 5.69 Å². The summed E-state index contributed by atoms with van der Waals surface area (Å²) in [7, 11) is 0. The van der Waals surface area contributed by atoms with Gasteiger partial charge in [0.1, 0.15) is 0 Å². The van der Waals surface area contributed by atoms with Crippen molar-refractivity contribution in [1.29, 1.82) is 0 Å². The summed E-state index contributed by atoms with van der Waals surface area (Å²) in [5, 5.41) is 11.3. The SMILES string of the molecule is CCCOC(OCCC)c1cc2c(cc1[N+](=O)[O-])OCO2. The van der Waals surface area contributed by atoms with E-state index in [-0.39, 0.29) is 12.5 Å². The van der Waals surface area contributed by atoms with E-state index in [0.29, 0.717) is 30.3 Å². The van der Waals surface area contributed by atoms with Crippen LogP contribution in [0, 0.1) is 10.1 Å². The molecule has 0 bridgehead atoms. The molecule has 21 heavy (non-hydrogen) atoms. The second-order valence-electron chi connectivity index (χ2n) is 4.59. The van der Waals surface area contributed by atoms with Crippen LogP contribution in [-0.4, -0.2) is 24.9 Å². The average Bonchev–Trinajstić information content (AvgIpc) is 2.93. The van der Waals surface area contributed by atoms with Gasteiger partial charge in [0.15, 0.2) is 17.8 Å². The molecule has 0 saturated heterocycles. The number of benzene rings is 1. The number of hydrogen-bond acceptors (Lipinski definition) is 6. The Balaban J connectivity index is 2.34. The van der Waals surface area contributed by atoms with Gasteiger partial charge in [-0.25, -0.2) is 0 Å². The van der Waals surface area contributed by atoms with Crippen LogP contribution in [0.5, 0.6) is 11.5 Å². The van der Waals surface area contributed by atoms with Crippen LogP contribution in [0.25, 0.3) is 0 Å². The molecule has 1 heterocycles. The van der Waals surface area contributed by atoms with E-state index in [1.807, 2.05) is 13.8 Å². The lowest BCUT2D eigenvalue weighted by atomic mass is 10.1. The zero-order valence-electron chi connectivity index (χ0n) is 12.2. The highest BCUT2D eigenvalue weighted by Crippen LogP contribution is 2.41. The van der Waals surface area contributed by atoms with Crippen LogP contribution >= 0.6 is 0 Å². The van der Waals surface area contributed by atoms with Crippen molar-refractivity contribution in [3.8, 4) is 11.5 Å². The van der Waals surface area contributed by atoms with Gasteiger partial charge in [-0.2, -0.15) is 0 Å². The molecule has 0 amide bonds. The van der Waals surface area contributed by atoms with E-state index >= 15 is 0 Å². The predicted octanol–water partition coefficient (Wildman–Crippen LogP) is 3.18. The molecule has 1 aliphatic rings. The molecule has 7 nitrogen and oxygen atoms in total. The summed E-state index contributed by atoms with van der Waals surface area (Å²) in [6.45, 7) is 4.90. The molecule has 0 aliphatic carbocycles. The summed E-state index contributed by atoms with van der Waals surface area (Å²) < 4.78 is 21.7. The molecule has 1 aromatic carbocycles. The van der Waals surface area contributed by atoms with Crippen molar-refractivity contribution in [2.24, 2.45) is 0 Å². The van der Waals surface area contributed by atoms with Gasteiger partial charge >= 0.3 is 0 Å². The van der Waals surface area contributed by atoms with Crippen molar-refractivity contribution in [3.05, 3.63) is 27.8 Å². The molecule has 0 spiro atoms. The number of nitro groups is 1. The number of nitrogens with zero attached hydrogens (tertiary/aromatic N) is 1. The first-order valence-electron chi connectivity index (χ1n) is 6.98. The Kier molecular flexibility index (Phi) is 5.35. The Morgan fingerprint density at radius 1 is 1.19 bits per heavy atom. The minimum Gasteiger partial charge on any atom is -0.454 e. The van der Waals surface area contributed by atoms with E-state index in [1.165, 1.54) is 6.07 Å². The molecule has 0 fully saturated rings. The van der Waals surface area contributed by atoms with E-state index in [2.05, 4.69) is 0 Å². The predicted molar refractivity (Wildman–Crippen MR) is 74.4 cm³/mol. The molecule has 116 valence electrons. The topological polar surface area (TPSA) is 80.1 Å². The molecule has 2 rings (SSSR count). The minimum absolute atomic E-state index is 0.0617. The Morgan fingerprint density at radius 2 is 1.76 bits per heavy atom. The Morgan fingerprint density at radius 3 is 2.29 bits per heavy atom. The number of fused-ring (bicyclic) bond motifs is 1. The fraction of sp³-hybridized carbons (Fsp3) is 0.571. The van der Waals surface area contributed by atoms with Crippen molar-refractivity contribution in [2.45, 2.75) is 33.0 Å². The first-order chi connectivity index (χ1) is 10.2. The third-order valence-electron chi connectivity index (χ3n) is 2.92. The van der Waals surface area contributed by atoms with Gasteiger partial charge in [0, 0.05) is 13.2 Å². The summed E-state index contributed by atoms with van der Waals surface area (Å²) in [6, 6.07) is 2.92. The van der Waals surface area contributed by atoms with Crippen LogP contribution in [0.3, 0.4) is 0 Å². The molecule has 0 radical (unpaired) electrons. The maximum absolute atomic E-state index is 11.3. The second kappa shape index (κ2) is 7.24. The van der Waals surface area contributed by atoms with E-state index in [9.17, 15) is 10.1 Å². The van der Waals surface area contributed by atoms with Gasteiger partial charge in [-0.1, -0.05) is 13.8 Å². The zero-order valence-corrected chi connectivity index (χ0v) is 12.2. The van der Waals surface area contributed by atoms with E-state index in [4.69, 9.17) is 18.9 Å². The Labute approximate surface area is 122 Å². The largest absolute Gasteiger partial charge is 0.454 e. The lowest BCUT2D eigenvalue weighted by molar-refractivity contribution is -0.387. The first-order valence-corrected chi connectivity index (χ1v) is 6.98. The zero-order chi connectivity index (χ0) is 15.2. The Hall–Kier alpha value is -1.86. The van der Waals surface area contributed by atoms with Crippen LogP contribution in [0.15, 0.2) is 12.1 Å². The summed E-state index contributed by atoms with van der Waals surface area (Å²) >= 11 is 0. The van der Waals surface area contributed by atoms with Crippen molar-refractivity contribution < 1.29 is 23.9 Å². The number of hydrogen-bond donors (Lipinski definition) is 0. The second-order valence-corrected chi connectivity index (χ2v) is 4.59. The molecular weight excluding hydrogens is 278 g/mol. The fourth-order valence-corrected chi connectivity index (χ4v) is 1.97. The molecule has 1 aliphatic heterocycles. The van der Waals surface area contributed by atoms with Gasteiger partial charge < -0.3 is 18.9 Å². The maximum Gasteiger partial charge on any atom is 0.281 e. The third-order valence-corrected chi connectivity index (χ3v) is 2.92. The molecule has 0 saturated carbocycles. The van der Waals surface area contributed by atoms with Crippen molar-refractivity contribution in [3.63, 3.8) is 0 Å². The number of ether oxygens (including phenoxy) is 4. The lowest BCUT2D eigenvalue weighted by Gasteiger charge is -2.18. The van der Waals surface area contributed by atoms with Gasteiger partial charge in [0.05, 0.1) is 16.6 Å². The molecule has 0 aromatic heterocycles. The highest BCUT2D eigenvalue weighted by atomic mass is 16.7. The van der Waals surface area contributed by atoms with Crippen LogP contribution in [0.4, 0.5) is 5.69 Å². The number of rotatable bonds is 8. The molecule has 0 N–H and O–H groups in total. The maximum atomic E-state index is 11.3. The van der Waals surface area contributed by atoms with E-state index < -0.39 is 11.2 Å². The summed E-state index contributed by atoms with van der Waals surface area (Å²) in [6.07, 6.45) is 0.814. The molecular formula is C14H19NO6. The lowest BCUT2D eigenvalue weighted by Crippen LogP contribution is -2.12. The van der Waals surface area contributed by atoms with Crippen LogP contribution in [-0.2, 0) is 9.47 Å². The van der Waals surface area contributed by atoms with Gasteiger partial charge in [-0.15, -0.1) is 0 Å². The Bertz CT molecular complexity index is 496. The van der Waals surface area contributed by atoms with Gasteiger partial charge in [-0.05, 0) is 18.9 Å². The van der Waals surface area contributed by atoms with Crippen LogP contribution < -0.4 is 9.47 Å². The number of nitro benzene ring substituents is 1. The van der Waals surface area contributed by atoms with E-state index in [1.54, 1.807) is 6.07 Å². The molecule has 0 atom stereocenters. The minimum atomic E-state index is -0.778. The highest BCUT2D eigenvalue weighted by molar-refractivity contribution is 5.55. The summed E-state index contributed by atoms with van der Waals surface area (Å²) in [4.78, 5) is 10.8. The smallest absolute Gasteiger partial charge is 0.281 e. The van der Waals surface area contributed by atoms with Gasteiger partial charge in [-0.3, -0.25) is 10.1 Å². The summed E-state index contributed by atoms with van der Waals surface area (Å²) in [5.74, 6) is 0.843. The average molecular weight is 297 g/mol. The monoisotopic (exact) mass is 297 g/mol. The quantitative estimate of drug-likeness (QED) is 0.416. The van der Waals surface area contributed by atoms with Gasteiger partial charge in [0.25, 0.3) is 5.69 Å². The third kappa shape index (κ3) is 3.62. The van der Waals surface area contributed by atoms with Crippen molar-refractivity contribution in [2.75, 3.05) is 20.0 Å². The van der Waals surface area contributed by atoms with Crippen LogP contribution in [0.2, 0.25) is 0 Å². The van der Waals surface area contributed by atoms with E-state index in [0.717, 1.165) is 12.8 Å². The van der Waals surface area contributed by atoms with Crippen LogP contribution in [0.1, 0.15) is 38.5 Å². The molecule has 1 aromatic rings. The molecule has 7 heteroatoms. The standard InChI is InChI=1S/C14H19NO6/c1-3-5-18-14(19-6-4-2)10-7-12-13(21-9-20-12)8-11(10)15(16)17/h7-8,14H,3-6,9H2,1-2H3. The normalized spacial score (nSPS) is 12.9. The highest BCUT2D eigenvalue weighted by Gasteiger charge is 2.29. The van der Waals surface area contributed by atoms with Crippen molar-refractivity contribution in [1.82, 2.24) is 0 Å². The summed E-state index contributed by atoms with van der Waals surface area (Å²) in [5.41, 5.74) is 0.266. The molecule has 0 unspecified atom stereocenters.